The number of furan rings is 1. The third kappa shape index (κ3) is 1.09. The minimum absolute atomic E-state index is 0.391. The second kappa shape index (κ2) is 2.77. The summed E-state index contributed by atoms with van der Waals surface area (Å²) in [6.45, 7) is 0. The molecule has 0 N–H and O–H groups in total. The molecule has 0 amide bonds. The molecule has 12 heavy (non-hydrogen) atoms. The molecule has 0 spiro atoms. The van der Waals surface area contributed by atoms with E-state index < -0.39 is 5.95 Å². The fourth-order valence-electron chi connectivity index (χ4n) is 1.00. The van der Waals surface area contributed by atoms with Crippen LogP contribution in [0.3, 0.4) is 0 Å². The maximum atomic E-state index is 13.0. The molecule has 2 aromatic heterocycles. The first-order chi connectivity index (χ1) is 5.88. The molecule has 3 heteroatoms. The average molecular weight is 163 g/mol. The zero-order valence-corrected chi connectivity index (χ0v) is 6.20. The zero-order valence-electron chi connectivity index (χ0n) is 6.20. The molecule has 0 aliphatic carbocycles. The van der Waals surface area contributed by atoms with Crippen molar-refractivity contribution in [2.24, 2.45) is 0 Å². The zero-order chi connectivity index (χ0) is 8.39. The van der Waals surface area contributed by atoms with E-state index in [0.29, 0.717) is 11.3 Å². The molecular formula is C9H6FNO. The molecule has 60 valence electrons. The second-order valence-electron chi connectivity index (χ2n) is 2.32. The monoisotopic (exact) mass is 163 g/mol. The summed E-state index contributed by atoms with van der Waals surface area (Å²) in [4.78, 5) is 3.51. The van der Waals surface area contributed by atoms with Gasteiger partial charge in [-0.05, 0) is 24.3 Å². The summed E-state index contributed by atoms with van der Waals surface area (Å²) in [5, 5.41) is 0. The van der Waals surface area contributed by atoms with Crippen LogP contribution in [0, 0.1) is 5.95 Å². The summed E-state index contributed by atoms with van der Waals surface area (Å²) in [6, 6.07) is 6.70. The smallest absolute Gasteiger partial charge is 0.223 e. The average Bonchev–Trinajstić information content (AvgIpc) is 2.57. The van der Waals surface area contributed by atoms with E-state index in [0.717, 1.165) is 0 Å². The summed E-state index contributed by atoms with van der Waals surface area (Å²) < 4.78 is 18.0. The number of hydrogen-bond donors (Lipinski definition) is 0. The lowest BCUT2D eigenvalue weighted by Crippen LogP contribution is -1.84. The molecule has 0 aromatic carbocycles. The summed E-state index contributed by atoms with van der Waals surface area (Å²) in [5.41, 5.74) is 0.391. The molecule has 0 radical (unpaired) electrons. The normalized spacial score (nSPS) is 10.1. The molecule has 0 unspecified atom stereocenters. The first-order valence-electron chi connectivity index (χ1n) is 3.52. The van der Waals surface area contributed by atoms with Crippen molar-refractivity contribution in [3.8, 4) is 11.3 Å². The van der Waals surface area contributed by atoms with Crippen molar-refractivity contribution >= 4 is 0 Å². The van der Waals surface area contributed by atoms with Crippen LogP contribution in [0.4, 0.5) is 4.39 Å². The van der Waals surface area contributed by atoms with Gasteiger partial charge < -0.3 is 4.42 Å². The Morgan fingerprint density at radius 2 is 2.17 bits per heavy atom. The van der Waals surface area contributed by atoms with Gasteiger partial charge in [0.2, 0.25) is 5.95 Å². The SMILES string of the molecule is Fc1ncccc1-c1ccco1. The maximum Gasteiger partial charge on any atom is 0.223 e. The second-order valence-corrected chi connectivity index (χ2v) is 2.32. The summed E-state index contributed by atoms with van der Waals surface area (Å²) in [6.07, 6.45) is 2.91. The van der Waals surface area contributed by atoms with E-state index in [2.05, 4.69) is 4.98 Å². The Labute approximate surface area is 68.7 Å². The topological polar surface area (TPSA) is 26.0 Å². The van der Waals surface area contributed by atoms with Gasteiger partial charge in [0.15, 0.2) is 0 Å². The highest BCUT2D eigenvalue weighted by atomic mass is 19.1. The Morgan fingerprint density at radius 1 is 1.25 bits per heavy atom. The highest BCUT2D eigenvalue weighted by Gasteiger charge is 2.06. The third-order valence-corrected chi connectivity index (χ3v) is 1.55. The van der Waals surface area contributed by atoms with Gasteiger partial charge in [-0.25, -0.2) is 4.98 Å². The van der Waals surface area contributed by atoms with Crippen LogP contribution in [-0.4, -0.2) is 4.98 Å². The van der Waals surface area contributed by atoms with Gasteiger partial charge in [-0.1, -0.05) is 0 Å². The molecule has 0 aliphatic heterocycles. The van der Waals surface area contributed by atoms with Gasteiger partial charge >= 0.3 is 0 Å². The summed E-state index contributed by atoms with van der Waals surface area (Å²) in [7, 11) is 0. The Hall–Kier alpha value is -1.64. The van der Waals surface area contributed by atoms with Crippen LogP contribution in [0.5, 0.6) is 0 Å². The van der Waals surface area contributed by atoms with E-state index in [4.69, 9.17) is 4.42 Å². The molecule has 0 aliphatic rings. The van der Waals surface area contributed by atoms with Crippen molar-refractivity contribution in [3.05, 3.63) is 42.7 Å². The molecule has 0 saturated carbocycles. The van der Waals surface area contributed by atoms with E-state index >= 15 is 0 Å². The molecule has 2 aromatic rings. The van der Waals surface area contributed by atoms with Gasteiger partial charge in [0.05, 0.1) is 11.8 Å². The van der Waals surface area contributed by atoms with Crippen molar-refractivity contribution in [2.75, 3.05) is 0 Å². The van der Waals surface area contributed by atoms with Gasteiger partial charge in [0.1, 0.15) is 5.76 Å². The number of hydrogen-bond acceptors (Lipinski definition) is 2. The molecular weight excluding hydrogens is 157 g/mol. The molecule has 0 saturated heterocycles. The predicted molar refractivity (Wildman–Crippen MR) is 41.9 cm³/mol. The molecule has 2 rings (SSSR count). The van der Waals surface area contributed by atoms with E-state index in [-0.39, 0.29) is 0 Å². The van der Waals surface area contributed by atoms with E-state index in [1.165, 1.54) is 12.5 Å². The van der Waals surface area contributed by atoms with E-state index in [1.807, 2.05) is 0 Å². The molecule has 0 bridgehead atoms. The highest BCUT2D eigenvalue weighted by molar-refractivity contribution is 5.55. The minimum Gasteiger partial charge on any atom is -0.464 e. The van der Waals surface area contributed by atoms with Gasteiger partial charge in [-0.15, -0.1) is 0 Å². The number of rotatable bonds is 1. The fourth-order valence-corrected chi connectivity index (χ4v) is 1.00. The summed E-state index contributed by atoms with van der Waals surface area (Å²) >= 11 is 0. The van der Waals surface area contributed by atoms with Crippen molar-refractivity contribution in [3.63, 3.8) is 0 Å². The minimum atomic E-state index is -0.507. The standard InChI is InChI=1S/C9H6FNO/c10-9-7(3-1-5-11-9)8-4-2-6-12-8/h1-6H. The van der Waals surface area contributed by atoms with Crippen molar-refractivity contribution in [2.45, 2.75) is 0 Å². The molecule has 2 nitrogen and oxygen atoms in total. The Bertz CT molecular complexity index is 370. The molecule has 0 fully saturated rings. The van der Waals surface area contributed by atoms with E-state index in [9.17, 15) is 4.39 Å². The summed E-state index contributed by atoms with van der Waals surface area (Å²) in [5.74, 6) is -0.00644. The van der Waals surface area contributed by atoms with Crippen LogP contribution in [0.2, 0.25) is 0 Å². The van der Waals surface area contributed by atoms with Gasteiger partial charge in [-0.3, -0.25) is 0 Å². The lowest BCUT2D eigenvalue weighted by molar-refractivity contribution is 0.555. The molecule has 2 heterocycles. The van der Waals surface area contributed by atoms with Crippen molar-refractivity contribution in [1.82, 2.24) is 4.98 Å². The van der Waals surface area contributed by atoms with Gasteiger partial charge in [0.25, 0.3) is 0 Å². The van der Waals surface area contributed by atoms with Crippen LogP contribution in [-0.2, 0) is 0 Å². The van der Waals surface area contributed by atoms with Gasteiger partial charge in [-0.2, -0.15) is 4.39 Å². The van der Waals surface area contributed by atoms with Crippen LogP contribution in [0.25, 0.3) is 11.3 Å². The quantitative estimate of drug-likeness (QED) is 0.603. The largest absolute Gasteiger partial charge is 0.464 e. The lowest BCUT2D eigenvalue weighted by atomic mass is 10.2. The van der Waals surface area contributed by atoms with Crippen molar-refractivity contribution in [1.29, 1.82) is 0 Å². The number of nitrogens with zero attached hydrogens (tertiary/aromatic N) is 1. The number of halogens is 1. The van der Waals surface area contributed by atoms with E-state index in [1.54, 1.807) is 24.3 Å². The van der Waals surface area contributed by atoms with Gasteiger partial charge in [0, 0.05) is 6.20 Å². The predicted octanol–water partition coefficient (Wildman–Crippen LogP) is 2.48. The van der Waals surface area contributed by atoms with Crippen molar-refractivity contribution < 1.29 is 8.81 Å². The van der Waals surface area contributed by atoms with Crippen LogP contribution < -0.4 is 0 Å². The van der Waals surface area contributed by atoms with Crippen LogP contribution in [0.1, 0.15) is 0 Å². The number of pyridine rings is 1. The Morgan fingerprint density at radius 3 is 2.83 bits per heavy atom. The lowest BCUT2D eigenvalue weighted by Gasteiger charge is -1.95. The number of aromatic nitrogens is 1. The highest BCUT2D eigenvalue weighted by Crippen LogP contribution is 2.20. The Balaban J connectivity index is 2.55. The first-order valence-corrected chi connectivity index (χ1v) is 3.52. The first kappa shape index (κ1) is 7.03. The Kier molecular flexibility index (Phi) is 1.63. The third-order valence-electron chi connectivity index (χ3n) is 1.55. The fraction of sp³-hybridized carbons (Fsp3) is 0. The van der Waals surface area contributed by atoms with Crippen LogP contribution >= 0.6 is 0 Å². The van der Waals surface area contributed by atoms with Crippen LogP contribution in [0.15, 0.2) is 41.1 Å². The maximum absolute atomic E-state index is 13.0. The molecule has 0 atom stereocenters.